The van der Waals surface area contributed by atoms with Gasteiger partial charge in [-0.05, 0) is 30.7 Å². The SMILES string of the molecule is CCCNC(=O)Nc1ccccc1.CCCSC1=CC(=O)c2n[nH]c(C(=O)NC)c2C1=O. The number of ketones is 2. The highest BCUT2D eigenvalue weighted by Gasteiger charge is 2.33. The number of aromatic amines is 1. The van der Waals surface area contributed by atoms with Gasteiger partial charge in [0.1, 0.15) is 11.4 Å². The Hall–Kier alpha value is -3.40. The number of carbonyl (C=O) groups is 4. The molecule has 0 saturated heterocycles. The van der Waals surface area contributed by atoms with Gasteiger partial charge < -0.3 is 16.0 Å². The predicted molar refractivity (Wildman–Crippen MR) is 125 cm³/mol. The number of hydrogen-bond acceptors (Lipinski definition) is 6. The summed E-state index contributed by atoms with van der Waals surface area (Å²) in [6.45, 7) is 4.71. The number of nitrogens with zero attached hydrogens (tertiary/aromatic N) is 1. The second-order valence-corrected chi connectivity index (χ2v) is 7.84. The molecule has 10 heteroatoms. The Morgan fingerprint density at radius 1 is 1.09 bits per heavy atom. The van der Waals surface area contributed by atoms with Gasteiger partial charge in [-0.25, -0.2) is 4.79 Å². The van der Waals surface area contributed by atoms with E-state index in [1.165, 1.54) is 24.9 Å². The molecule has 0 bridgehead atoms. The van der Waals surface area contributed by atoms with Crippen molar-refractivity contribution in [3.8, 4) is 0 Å². The summed E-state index contributed by atoms with van der Waals surface area (Å²) >= 11 is 1.32. The molecule has 0 radical (unpaired) electrons. The van der Waals surface area contributed by atoms with Crippen molar-refractivity contribution in [2.75, 3.05) is 24.7 Å². The number of Topliss-reactive ketones (excluding diaryl/α,β-unsaturated/α-hetero) is 1. The number of allylic oxidation sites excluding steroid dienone is 2. The molecule has 3 rings (SSSR count). The van der Waals surface area contributed by atoms with E-state index in [4.69, 9.17) is 0 Å². The smallest absolute Gasteiger partial charge is 0.319 e. The average molecular weight is 458 g/mol. The average Bonchev–Trinajstić information content (AvgIpc) is 3.26. The van der Waals surface area contributed by atoms with E-state index in [0.717, 1.165) is 24.3 Å². The number of para-hydroxylation sites is 1. The van der Waals surface area contributed by atoms with Gasteiger partial charge in [-0.2, -0.15) is 5.10 Å². The summed E-state index contributed by atoms with van der Waals surface area (Å²) < 4.78 is 0. The lowest BCUT2D eigenvalue weighted by atomic mass is 9.99. The van der Waals surface area contributed by atoms with Gasteiger partial charge in [-0.15, -0.1) is 11.8 Å². The number of urea groups is 1. The first-order chi connectivity index (χ1) is 15.4. The first kappa shape index (κ1) is 24.9. The fourth-order valence-electron chi connectivity index (χ4n) is 2.66. The molecule has 0 aliphatic heterocycles. The number of benzene rings is 1. The van der Waals surface area contributed by atoms with Gasteiger partial charge in [0, 0.05) is 25.4 Å². The second-order valence-electron chi connectivity index (χ2n) is 6.70. The van der Waals surface area contributed by atoms with E-state index in [2.05, 4.69) is 26.1 Å². The first-order valence-corrected chi connectivity index (χ1v) is 11.2. The van der Waals surface area contributed by atoms with Crippen molar-refractivity contribution in [1.82, 2.24) is 20.8 Å². The van der Waals surface area contributed by atoms with E-state index in [-0.39, 0.29) is 34.5 Å². The molecular formula is C22H27N5O4S. The first-order valence-electron chi connectivity index (χ1n) is 10.3. The molecule has 0 unspecified atom stereocenters. The number of thioether (sulfide) groups is 1. The summed E-state index contributed by atoms with van der Waals surface area (Å²) in [4.78, 5) is 47.3. The highest BCUT2D eigenvalue weighted by atomic mass is 32.2. The Kier molecular flexibility index (Phi) is 9.68. The molecule has 1 aliphatic rings. The van der Waals surface area contributed by atoms with Gasteiger partial charge in [-0.3, -0.25) is 19.5 Å². The van der Waals surface area contributed by atoms with Crippen LogP contribution in [-0.2, 0) is 0 Å². The van der Waals surface area contributed by atoms with Crippen LogP contribution in [-0.4, -0.2) is 53.0 Å². The quantitative estimate of drug-likeness (QED) is 0.504. The second kappa shape index (κ2) is 12.5. The number of carbonyl (C=O) groups excluding carboxylic acids is 4. The molecule has 2 aromatic rings. The van der Waals surface area contributed by atoms with Crippen molar-refractivity contribution >= 4 is 41.0 Å². The summed E-state index contributed by atoms with van der Waals surface area (Å²) in [5.74, 6) is -0.385. The summed E-state index contributed by atoms with van der Waals surface area (Å²) in [5, 5.41) is 14.1. The van der Waals surface area contributed by atoms with Crippen molar-refractivity contribution in [3.05, 3.63) is 58.3 Å². The zero-order valence-electron chi connectivity index (χ0n) is 18.3. The predicted octanol–water partition coefficient (Wildman–Crippen LogP) is 3.39. The highest BCUT2D eigenvalue weighted by molar-refractivity contribution is 8.04. The summed E-state index contributed by atoms with van der Waals surface area (Å²) in [6, 6.07) is 9.24. The number of H-pyrrole nitrogens is 1. The summed E-state index contributed by atoms with van der Waals surface area (Å²) in [6.07, 6.45) is 3.13. The Labute approximate surface area is 190 Å². The minimum Gasteiger partial charge on any atom is -0.354 e. The van der Waals surface area contributed by atoms with Crippen molar-refractivity contribution in [2.45, 2.75) is 26.7 Å². The van der Waals surface area contributed by atoms with Gasteiger partial charge in [0.05, 0.1) is 10.5 Å². The number of anilines is 1. The highest BCUT2D eigenvalue weighted by Crippen LogP contribution is 2.29. The number of aromatic nitrogens is 2. The molecule has 9 nitrogen and oxygen atoms in total. The van der Waals surface area contributed by atoms with Crippen LogP contribution in [0.2, 0.25) is 0 Å². The third-order valence-electron chi connectivity index (χ3n) is 4.20. The molecule has 0 atom stereocenters. The van der Waals surface area contributed by atoms with Gasteiger partial charge in [-0.1, -0.05) is 32.0 Å². The van der Waals surface area contributed by atoms with Gasteiger partial charge >= 0.3 is 6.03 Å². The van der Waals surface area contributed by atoms with E-state index in [1.807, 2.05) is 44.2 Å². The molecule has 1 aromatic carbocycles. The zero-order chi connectivity index (χ0) is 23.5. The molecule has 0 fully saturated rings. The van der Waals surface area contributed by atoms with Crippen LogP contribution in [0.1, 0.15) is 58.0 Å². The molecule has 1 aliphatic carbocycles. The maximum Gasteiger partial charge on any atom is 0.319 e. The maximum absolute atomic E-state index is 12.3. The summed E-state index contributed by atoms with van der Waals surface area (Å²) in [5.41, 5.74) is 0.949. The Balaban J connectivity index is 0.000000244. The van der Waals surface area contributed by atoms with Crippen LogP contribution in [0.3, 0.4) is 0 Å². The third-order valence-corrected chi connectivity index (χ3v) is 5.42. The number of hydrogen-bond donors (Lipinski definition) is 4. The van der Waals surface area contributed by atoms with Crippen LogP contribution in [0.5, 0.6) is 0 Å². The number of rotatable bonds is 7. The van der Waals surface area contributed by atoms with E-state index in [1.54, 1.807) is 0 Å². The van der Waals surface area contributed by atoms with Crippen LogP contribution in [0.25, 0.3) is 0 Å². The van der Waals surface area contributed by atoms with E-state index in [0.29, 0.717) is 11.4 Å². The fourth-order valence-corrected chi connectivity index (χ4v) is 3.51. The minimum atomic E-state index is -0.461. The van der Waals surface area contributed by atoms with Crippen LogP contribution in [0, 0.1) is 0 Å². The fraction of sp³-hybridized carbons (Fsp3) is 0.318. The standard InChI is InChI=1S/C12H13N3O3S.C10H14N2O/c1-3-4-19-7-5-6(16)9-8(11(7)17)10(15-14-9)12(18)13-2;1-2-8-11-10(13)12-9-6-4-3-5-7-9/h5H,3-4H2,1-2H3,(H,13,18)(H,14,15);3-7H,2,8H2,1H3,(H2,11,12,13). The maximum atomic E-state index is 12.3. The molecule has 0 spiro atoms. The molecule has 1 heterocycles. The Bertz CT molecular complexity index is 1000. The molecule has 32 heavy (non-hydrogen) atoms. The van der Waals surface area contributed by atoms with Crippen molar-refractivity contribution in [3.63, 3.8) is 0 Å². The number of nitrogens with one attached hydrogen (secondary N) is 4. The zero-order valence-corrected chi connectivity index (χ0v) is 19.1. The van der Waals surface area contributed by atoms with E-state index < -0.39 is 5.91 Å². The van der Waals surface area contributed by atoms with Crippen LogP contribution >= 0.6 is 11.8 Å². The number of fused-ring (bicyclic) bond motifs is 1. The Morgan fingerprint density at radius 2 is 1.81 bits per heavy atom. The van der Waals surface area contributed by atoms with Crippen molar-refractivity contribution in [2.24, 2.45) is 0 Å². The largest absolute Gasteiger partial charge is 0.354 e. The lowest BCUT2D eigenvalue weighted by molar-refractivity contribution is 0.0945. The van der Waals surface area contributed by atoms with E-state index in [9.17, 15) is 19.2 Å². The summed E-state index contributed by atoms with van der Waals surface area (Å²) in [7, 11) is 1.45. The van der Waals surface area contributed by atoms with Crippen molar-refractivity contribution in [1.29, 1.82) is 0 Å². The van der Waals surface area contributed by atoms with E-state index >= 15 is 0 Å². The topological polar surface area (TPSA) is 133 Å². The number of amides is 3. The Morgan fingerprint density at radius 3 is 2.44 bits per heavy atom. The van der Waals surface area contributed by atoms with Crippen molar-refractivity contribution < 1.29 is 19.2 Å². The van der Waals surface area contributed by atoms with Crippen LogP contribution in [0.15, 0.2) is 41.3 Å². The van der Waals surface area contributed by atoms with Crippen LogP contribution < -0.4 is 16.0 Å². The molecule has 0 saturated carbocycles. The minimum absolute atomic E-state index is 0.0180. The van der Waals surface area contributed by atoms with Gasteiger partial charge in [0.15, 0.2) is 0 Å². The lowest BCUT2D eigenvalue weighted by Gasteiger charge is -2.11. The molecule has 4 N–H and O–H groups in total. The molecule has 1 aromatic heterocycles. The molecular weight excluding hydrogens is 430 g/mol. The third kappa shape index (κ3) is 6.55. The monoisotopic (exact) mass is 457 g/mol. The molecule has 170 valence electrons. The molecule has 3 amide bonds. The van der Waals surface area contributed by atoms with Gasteiger partial charge in [0.2, 0.25) is 11.6 Å². The van der Waals surface area contributed by atoms with Crippen LogP contribution in [0.4, 0.5) is 10.5 Å². The normalized spacial score (nSPS) is 12.2. The van der Waals surface area contributed by atoms with Gasteiger partial charge in [0.25, 0.3) is 5.91 Å². The lowest BCUT2D eigenvalue weighted by Crippen LogP contribution is -2.29.